The zero-order chi connectivity index (χ0) is 21.9. The predicted octanol–water partition coefficient (Wildman–Crippen LogP) is -1.19. The summed E-state index contributed by atoms with van der Waals surface area (Å²) in [5.41, 5.74) is 10.6. The highest BCUT2D eigenvalue weighted by Gasteiger charge is 2.26. The van der Waals surface area contributed by atoms with Gasteiger partial charge < -0.3 is 32.7 Å². The monoisotopic (exact) mass is 398 g/mol. The molecule has 0 aromatic carbocycles. The minimum atomic E-state index is -0.897. The Bertz CT molecular complexity index is 578. The van der Waals surface area contributed by atoms with Crippen molar-refractivity contribution < 1.29 is 19.2 Å². The molecule has 0 saturated heterocycles. The molecule has 10 heteroatoms. The van der Waals surface area contributed by atoms with Gasteiger partial charge >= 0.3 is 0 Å². The first-order valence-corrected chi connectivity index (χ1v) is 9.31. The van der Waals surface area contributed by atoms with Gasteiger partial charge in [-0.25, -0.2) is 0 Å². The fourth-order valence-corrected chi connectivity index (χ4v) is 2.24. The van der Waals surface area contributed by atoms with Gasteiger partial charge in [0, 0.05) is 13.0 Å². The summed E-state index contributed by atoms with van der Waals surface area (Å²) >= 11 is 0. The van der Waals surface area contributed by atoms with E-state index in [1.165, 1.54) is 13.8 Å². The lowest BCUT2D eigenvalue weighted by Crippen LogP contribution is -2.55. The molecule has 10 nitrogen and oxygen atoms in total. The Kier molecular flexibility index (Phi) is 11.3. The van der Waals surface area contributed by atoms with E-state index in [4.69, 9.17) is 11.5 Å². The average molecular weight is 399 g/mol. The first-order chi connectivity index (χ1) is 12.9. The summed E-state index contributed by atoms with van der Waals surface area (Å²) in [4.78, 5) is 47.8. The second-order valence-corrected chi connectivity index (χ2v) is 7.18. The van der Waals surface area contributed by atoms with Crippen LogP contribution in [0, 0.1) is 5.92 Å². The van der Waals surface area contributed by atoms with Crippen molar-refractivity contribution in [1.82, 2.24) is 21.3 Å². The van der Waals surface area contributed by atoms with Crippen LogP contribution in [0.15, 0.2) is 12.4 Å². The van der Waals surface area contributed by atoms with E-state index in [0.29, 0.717) is 25.2 Å². The summed E-state index contributed by atoms with van der Waals surface area (Å²) in [5, 5.41) is 10.5. The molecule has 0 fully saturated rings. The molecule has 0 aliphatic rings. The van der Waals surface area contributed by atoms with Crippen LogP contribution in [-0.2, 0) is 19.2 Å². The van der Waals surface area contributed by atoms with E-state index < -0.39 is 35.8 Å². The van der Waals surface area contributed by atoms with Crippen LogP contribution < -0.4 is 32.7 Å². The van der Waals surface area contributed by atoms with Gasteiger partial charge in [0.2, 0.25) is 23.6 Å². The number of hydrogen-bond donors (Lipinski definition) is 6. The molecule has 0 heterocycles. The number of nitrogens with two attached hydrogens (primary N) is 2. The van der Waals surface area contributed by atoms with E-state index in [9.17, 15) is 19.2 Å². The summed E-state index contributed by atoms with van der Waals surface area (Å²) in [6.07, 6.45) is 1.09. The Morgan fingerprint density at radius 1 is 0.893 bits per heavy atom. The van der Waals surface area contributed by atoms with Crippen LogP contribution >= 0.6 is 0 Å². The fraction of sp³-hybridized carbons (Fsp3) is 0.667. The minimum absolute atomic E-state index is 0.161. The largest absolute Gasteiger partial charge is 0.386 e. The zero-order valence-electron chi connectivity index (χ0n) is 17.1. The molecule has 0 aromatic heterocycles. The highest BCUT2D eigenvalue weighted by molar-refractivity contribution is 5.93. The van der Waals surface area contributed by atoms with Crippen LogP contribution in [0.1, 0.15) is 47.0 Å². The number of hydrogen-bond acceptors (Lipinski definition) is 6. The zero-order valence-corrected chi connectivity index (χ0v) is 17.1. The molecule has 0 aromatic rings. The Labute approximate surface area is 166 Å². The molecule has 0 saturated carbocycles. The molecular weight excluding hydrogens is 364 g/mol. The minimum Gasteiger partial charge on any atom is -0.386 e. The van der Waals surface area contributed by atoms with Crippen molar-refractivity contribution in [2.75, 3.05) is 6.54 Å². The van der Waals surface area contributed by atoms with Crippen LogP contribution in [0.3, 0.4) is 0 Å². The van der Waals surface area contributed by atoms with Crippen LogP contribution in [0.5, 0.6) is 0 Å². The molecule has 0 spiro atoms. The van der Waals surface area contributed by atoms with E-state index >= 15 is 0 Å². The predicted molar refractivity (Wildman–Crippen MR) is 106 cm³/mol. The molecule has 28 heavy (non-hydrogen) atoms. The van der Waals surface area contributed by atoms with Gasteiger partial charge in [0.15, 0.2) is 0 Å². The summed E-state index contributed by atoms with van der Waals surface area (Å²) in [7, 11) is 0. The summed E-state index contributed by atoms with van der Waals surface area (Å²) in [6.45, 7) is 10.8. The van der Waals surface area contributed by atoms with Crippen LogP contribution in [0.25, 0.3) is 0 Å². The summed E-state index contributed by atoms with van der Waals surface area (Å²) < 4.78 is 0. The fourth-order valence-electron chi connectivity index (χ4n) is 2.24. The molecule has 8 N–H and O–H groups in total. The van der Waals surface area contributed by atoms with Crippen molar-refractivity contribution in [2.24, 2.45) is 17.4 Å². The molecule has 0 unspecified atom stereocenters. The maximum atomic E-state index is 12.4. The number of carbonyl (C=O) groups excluding carboxylic acids is 4. The van der Waals surface area contributed by atoms with Crippen molar-refractivity contribution in [3.8, 4) is 0 Å². The second-order valence-electron chi connectivity index (χ2n) is 7.18. The van der Waals surface area contributed by atoms with Gasteiger partial charge in [-0.15, -0.1) is 0 Å². The lowest BCUT2D eigenvalue weighted by molar-refractivity contribution is -0.133. The molecule has 4 amide bonds. The number of carbonyl (C=O) groups is 4. The van der Waals surface area contributed by atoms with E-state index in [0.717, 1.165) is 0 Å². The quantitative estimate of drug-likeness (QED) is 0.213. The maximum absolute atomic E-state index is 12.4. The van der Waals surface area contributed by atoms with Crippen molar-refractivity contribution in [3.05, 3.63) is 12.4 Å². The van der Waals surface area contributed by atoms with Gasteiger partial charge in [0.25, 0.3) is 0 Å². The molecule has 0 aliphatic heterocycles. The molecule has 0 bridgehead atoms. The SMILES string of the molecule is C=C(N)NCCC[C@H](NC(=O)[C@H](C)NC(=O)CC(C)C)C(=O)N[C@@H](C)C(N)=O. The van der Waals surface area contributed by atoms with Crippen molar-refractivity contribution in [1.29, 1.82) is 0 Å². The second kappa shape index (κ2) is 12.6. The van der Waals surface area contributed by atoms with Gasteiger partial charge in [0.1, 0.15) is 18.1 Å². The Balaban J connectivity index is 4.89. The topological polar surface area (TPSA) is 168 Å². The van der Waals surface area contributed by atoms with Crippen LogP contribution in [0.4, 0.5) is 0 Å². The van der Waals surface area contributed by atoms with Crippen molar-refractivity contribution in [3.63, 3.8) is 0 Å². The summed E-state index contributed by atoms with van der Waals surface area (Å²) in [5.74, 6) is -1.50. The molecule has 0 radical (unpaired) electrons. The normalized spacial score (nSPS) is 13.8. The highest BCUT2D eigenvalue weighted by atomic mass is 16.2. The number of rotatable bonds is 13. The standard InChI is InChI=1S/C18H34N6O4/c1-10(2)9-15(25)22-12(4)17(27)24-14(7-6-8-21-13(5)19)18(28)23-11(3)16(20)26/h10-12,14,21H,5-9,19H2,1-4H3,(H2,20,26)(H,22,25)(H,23,28)(H,24,27)/t11-,12-,14-/m0/s1. The highest BCUT2D eigenvalue weighted by Crippen LogP contribution is 2.02. The summed E-state index contributed by atoms with van der Waals surface area (Å²) in [6, 6.07) is -2.58. The molecular formula is C18H34N6O4. The molecule has 0 aliphatic carbocycles. The van der Waals surface area contributed by atoms with Gasteiger partial charge in [-0.05, 0) is 32.6 Å². The number of nitrogens with one attached hydrogen (secondary N) is 4. The lowest BCUT2D eigenvalue weighted by atomic mass is 10.1. The first-order valence-electron chi connectivity index (χ1n) is 9.31. The average Bonchev–Trinajstić information content (AvgIpc) is 2.55. The van der Waals surface area contributed by atoms with Gasteiger partial charge in [-0.1, -0.05) is 20.4 Å². The van der Waals surface area contributed by atoms with Gasteiger partial charge in [-0.3, -0.25) is 19.2 Å². The van der Waals surface area contributed by atoms with Crippen LogP contribution in [-0.4, -0.2) is 48.3 Å². The molecule has 3 atom stereocenters. The smallest absolute Gasteiger partial charge is 0.243 e. The van der Waals surface area contributed by atoms with Crippen molar-refractivity contribution in [2.45, 2.75) is 65.1 Å². The number of amides is 4. The molecule has 0 rings (SSSR count). The molecule has 160 valence electrons. The maximum Gasteiger partial charge on any atom is 0.243 e. The van der Waals surface area contributed by atoms with E-state index in [1.54, 1.807) is 0 Å². The third kappa shape index (κ3) is 11.0. The Morgan fingerprint density at radius 3 is 2.00 bits per heavy atom. The van der Waals surface area contributed by atoms with Gasteiger partial charge in [0.05, 0.1) is 5.82 Å². The van der Waals surface area contributed by atoms with E-state index in [-0.39, 0.29) is 18.2 Å². The Morgan fingerprint density at radius 2 is 1.50 bits per heavy atom. The first kappa shape index (κ1) is 25.2. The number of primary amides is 1. The Hall–Kier alpha value is -2.78. The van der Waals surface area contributed by atoms with E-state index in [1.807, 2.05) is 13.8 Å². The van der Waals surface area contributed by atoms with E-state index in [2.05, 4.69) is 27.8 Å². The van der Waals surface area contributed by atoms with Crippen LogP contribution in [0.2, 0.25) is 0 Å². The lowest BCUT2D eigenvalue weighted by Gasteiger charge is -2.23. The third-order valence-corrected chi connectivity index (χ3v) is 3.80. The van der Waals surface area contributed by atoms with Crippen molar-refractivity contribution >= 4 is 23.6 Å². The van der Waals surface area contributed by atoms with Gasteiger partial charge in [-0.2, -0.15) is 0 Å². The third-order valence-electron chi connectivity index (χ3n) is 3.80.